The lowest BCUT2D eigenvalue weighted by molar-refractivity contribution is -0.147. The van der Waals surface area contributed by atoms with E-state index >= 15 is 0 Å². The third-order valence-corrected chi connectivity index (χ3v) is 5.33. The van der Waals surface area contributed by atoms with Crippen LogP contribution in [0, 0.1) is 11.8 Å². The van der Waals surface area contributed by atoms with Gasteiger partial charge in [0.25, 0.3) is 0 Å². The molecule has 1 N–H and O–H groups in total. The Hall–Kier alpha value is -0.550. The highest BCUT2D eigenvalue weighted by molar-refractivity contribution is 7.82. The molecule has 0 amide bonds. The molecule has 0 bridgehead atoms. The Morgan fingerprint density at radius 1 is 1.13 bits per heavy atom. The summed E-state index contributed by atoms with van der Waals surface area (Å²) in [6.07, 6.45) is 6.02. The van der Waals surface area contributed by atoms with Gasteiger partial charge in [-0.05, 0) is 25.7 Å². The van der Waals surface area contributed by atoms with Gasteiger partial charge in [0, 0.05) is 5.92 Å². The minimum atomic E-state index is -1.23. The van der Waals surface area contributed by atoms with Gasteiger partial charge in [0.15, 0.2) is 5.78 Å². The number of ketones is 1. The fourth-order valence-corrected chi connectivity index (χ4v) is 3.53. The first-order valence-corrected chi connectivity index (χ1v) is 9.30. The number of ether oxygens (including phenoxy) is 1. The zero-order valence-electron chi connectivity index (χ0n) is 14.7. The number of Topliss-reactive ketones (excluding diaryl/α,β-unsaturated/α-hetero) is 1. The molecule has 0 radical (unpaired) electrons. The Balaban J connectivity index is 2.76. The molecule has 0 aromatic carbocycles. The summed E-state index contributed by atoms with van der Waals surface area (Å²) in [5.74, 6) is -0.252. The zero-order valence-corrected chi connectivity index (χ0v) is 15.6. The van der Waals surface area contributed by atoms with Crippen molar-refractivity contribution in [3.8, 4) is 0 Å². The quantitative estimate of drug-likeness (QED) is 0.521. The second-order valence-electron chi connectivity index (χ2n) is 7.25. The first kappa shape index (κ1) is 20.5. The molecule has 1 unspecified atom stereocenters. The van der Waals surface area contributed by atoms with E-state index in [4.69, 9.17) is 4.74 Å². The number of rotatable bonds is 0. The average Bonchev–Trinajstić information content (AvgIpc) is 2.47. The second kappa shape index (κ2) is 9.67. The molecule has 1 saturated heterocycles. The lowest BCUT2D eigenvalue weighted by atomic mass is 9.83. The number of aliphatic hydroxyl groups excluding tert-OH is 1. The van der Waals surface area contributed by atoms with Crippen molar-refractivity contribution in [2.45, 2.75) is 83.0 Å². The van der Waals surface area contributed by atoms with Gasteiger partial charge in [-0.15, -0.1) is 0 Å². The summed E-state index contributed by atoms with van der Waals surface area (Å²) >= 11 is 4.38. The van der Waals surface area contributed by atoms with Gasteiger partial charge in [0.05, 0.1) is 23.9 Å². The highest BCUT2D eigenvalue weighted by Crippen LogP contribution is 2.30. The number of aliphatic hydroxyl groups is 1. The predicted octanol–water partition coefficient (Wildman–Crippen LogP) is 3.55. The molecular weight excluding hydrogens is 312 g/mol. The number of hydrogen-bond acceptors (Lipinski definition) is 5. The number of thiol groups is 1. The van der Waals surface area contributed by atoms with Crippen LogP contribution in [0.3, 0.4) is 0 Å². The average molecular weight is 345 g/mol. The minimum absolute atomic E-state index is 0.0972. The third kappa shape index (κ3) is 6.84. The maximum atomic E-state index is 12.6. The van der Waals surface area contributed by atoms with Crippen LogP contribution in [0.2, 0.25) is 0 Å². The molecule has 1 fully saturated rings. The smallest absolute Gasteiger partial charge is 0.308 e. The summed E-state index contributed by atoms with van der Waals surface area (Å²) in [6.45, 7) is 6.05. The molecule has 134 valence electrons. The van der Waals surface area contributed by atoms with Crippen molar-refractivity contribution < 1.29 is 19.4 Å². The summed E-state index contributed by atoms with van der Waals surface area (Å²) in [5.41, 5.74) is 0. The molecule has 4 nitrogen and oxygen atoms in total. The van der Waals surface area contributed by atoms with Crippen LogP contribution in [0.5, 0.6) is 0 Å². The predicted molar refractivity (Wildman–Crippen MR) is 94.6 cm³/mol. The van der Waals surface area contributed by atoms with Crippen molar-refractivity contribution in [2.75, 3.05) is 6.61 Å². The molecule has 1 heterocycles. The van der Waals surface area contributed by atoms with Crippen molar-refractivity contribution in [1.82, 2.24) is 0 Å². The lowest BCUT2D eigenvalue weighted by Gasteiger charge is -2.31. The third-order valence-electron chi connectivity index (χ3n) is 4.82. The van der Waals surface area contributed by atoms with Crippen LogP contribution in [0.15, 0.2) is 0 Å². The highest BCUT2D eigenvalue weighted by atomic mass is 32.1. The fraction of sp³-hybridized carbons (Fsp3) is 0.889. The number of carbonyl (C=O) groups is 2. The van der Waals surface area contributed by atoms with Crippen molar-refractivity contribution in [3.63, 3.8) is 0 Å². The zero-order chi connectivity index (χ0) is 17.5. The van der Waals surface area contributed by atoms with E-state index in [1.807, 2.05) is 6.92 Å². The molecule has 1 rings (SSSR count). The summed E-state index contributed by atoms with van der Waals surface area (Å²) in [6, 6.07) is 0. The minimum Gasteiger partial charge on any atom is -0.466 e. The van der Waals surface area contributed by atoms with Gasteiger partial charge >= 0.3 is 5.97 Å². The van der Waals surface area contributed by atoms with Gasteiger partial charge in [0.2, 0.25) is 0 Å². The van der Waals surface area contributed by atoms with Crippen LogP contribution in [-0.2, 0) is 14.3 Å². The number of carbonyl (C=O) groups excluding carboxylic acids is 2. The summed E-state index contributed by atoms with van der Waals surface area (Å²) in [5, 5.41) is 10.3. The Bertz CT molecular complexity index is 394. The van der Waals surface area contributed by atoms with E-state index in [-0.39, 0.29) is 18.1 Å². The molecule has 1 aliphatic rings. The Labute approximate surface area is 145 Å². The molecule has 0 saturated carbocycles. The second-order valence-corrected chi connectivity index (χ2v) is 8.18. The van der Waals surface area contributed by atoms with Crippen LogP contribution in [0.1, 0.15) is 72.1 Å². The molecule has 0 aliphatic carbocycles. The highest BCUT2D eigenvalue weighted by Gasteiger charge is 2.40. The Morgan fingerprint density at radius 2 is 1.74 bits per heavy atom. The molecule has 0 aromatic rings. The van der Waals surface area contributed by atoms with Crippen molar-refractivity contribution >= 4 is 24.4 Å². The molecular formula is C18H32O4S. The normalized spacial score (nSPS) is 36.5. The van der Waals surface area contributed by atoms with E-state index in [1.165, 1.54) is 12.8 Å². The first-order valence-electron chi connectivity index (χ1n) is 8.85. The maximum Gasteiger partial charge on any atom is 0.308 e. The molecule has 1 aliphatic heterocycles. The fourth-order valence-electron chi connectivity index (χ4n) is 3.22. The SMILES string of the molecule is C[C@H]1CCCCCCCOC(=O)C[C@H](O)C(C)(S)C(=O)[C@H](C)C1. The van der Waals surface area contributed by atoms with E-state index in [1.54, 1.807) is 6.92 Å². The topological polar surface area (TPSA) is 63.6 Å². The van der Waals surface area contributed by atoms with Crippen LogP contribution in [0.25, 0.3) is 0 Å². The summed E-state index contributed by atoms with van der Waals surface area (Å²) in [7, 11) is 0. The number of hydrogen-bond donors (Lipinski definition) is 2. The van der Waals surface area contributed by atoms with E-state index in [0.717, 1.165) is 32.1 Å². The number of esters is 1. The first-order chi connectivity index (χ1) is 10.7. The van der Waals surface area contributed by atoms with Crippen LogP contribution >= 0.6 is 12.6 Å². The van der Waals surface area contributed by atoms with Crippen LogP contribution in [0.4, 0.5) is 0 Å². The van der Waals surface area contributed by atoms with Gasteiger partial charge in [-0.25, -0.2) is 0 Å². The molecule has 5 heteroatoms. The van der Waals surface area contributed by atoms with E-state index in [2.05, 4.69) is 19.6 Å². The molecule has 0 aromatic heterocycles. The van der Waals surface area contributed by atoms with Crippen molar-refractivity contribution in [1.29, 1.82) is 0 Å². The largest absolute Gasteiger partial charge is 0.466 e. The van der Waals surface area contributed by atoms with Gasteiger partial charge in [-0.3, -0.25) is 9.59 Å². The molecule has 23 heavy (non-hydrogen) atoms. The Morgan fingerprint density at radius 3 is 2.43 bits per heavy atom. The van der Waals surface area contributed by atoms with E-state index in [0.29, 0.717) is 12.5 Å². The monoisotopic (exact) mass is 344 g/mol. The molecule has 0 spiro atoms. The van der Waals surface area contributed by atoms with Crippen molar-refractivity contribution in [2.24, 2.45) is 11.8 Å². The lowest BCUT2D eigenvalue weighted by Crippen LogP contribution is -2.46. The number of cyclic esters (lactones) is 1. The van der Waals surface area contributed by atoms with Crippen LogP contribution in [-0.4, -0.2) is 34.3 Å². The van der Waals surface area contributed by atoms with Crippen molar-refractivity contribution in [3.05, 3.63) is 0 Å². The summed E-state index contributed by atoms with van der Waals surface area (Å²) in [4.78, 5) is 24.4. The van der Waals surface area contributed by atoms with E-state index < -0.39 is 16.8 Å². The van der Waals surface area contributed by atoms with E-state index in [9.17, 15) is 14.7 Å². The molecule has 4 atom stereocenters. The Kier molecular flexibility index (Phi) is 8.62. The van der Waals surface area contributed by atoms with Gasteiger partial charge in [-0.1, -0.05) is 46.0 Å². The van der Waals surface area contributed by atoms with Gasteiger partial charge in [0.1, 0.15) is 0 Å². The maximum absolute atomic E-state index is 12.6. The van der Waals surface area contributed by atoms with Gasteiger partial charge < -0.3 is 9.84 Å². The van der Waals surface area contributed by atoms with Crippen LogP contribution < -0.4 is 0 Å². The standard InChI is InChI=1S/C18H32O4S/c1-13-9-7-5-4-6-8-10-22-16(20)12-15(19)18(3,23)17(21)14(2)11-13/h13-15,19,23H,4-12H2,1-3H3/t13-,14+,15-,18?/m0/s1. The summed E-state index contributed by atoms with van der Waals surface area (Å²) < 4.78 is 3.91. The van der Waals surface area contributed by atoms with Gasteiger partial charge in [-0.2, -0.15) is 12.6 Å².